The maximum Gasteiger partial charge on any atom is 0.191 e. The van der Waals surface area contributed by atoms with E-state index in [0.29, 0.717) is 6.10 Å². The zero-order valence-corrected chi connectivity index (χ0v) is 16.9. The Kier molecular flexibility index (Phi) is 9.55. The molecule has 0 aliphatic carbocycles. The van der Waals surface area contributed by atoms with E-state index in [-0.39, 0.29) is 24.0 Å². The minimum Gasteiger partial charge on any atom is -0.376 e. The number of guanidine groups is 1. The lowest BCUT2D eigenvalue weighted by Crippen LogP contribution is -2.39. The Morgan fingerprint density at radius 2 is 1.96 bits per heavy atom. The molecule has 130 valence electrons. The van der Waals surface area contributed by atoms with Gasteiger partial charge in [-0.2, -0.15) is 0 Å². The molecule has 1 unspecified atom stereocenters. The monoisotopic (exact) mass is 431 g/mol. The fraction of sp³-hybridized carbons (Fsp3) is 0.611. The molecule has 0 saturated carbocycles. The van der Waals surface area contributed by atoms with Crippen LogP contribution in [0.15, 0.2) is 23.2 Å². The highest BCUT2D eigenvalue weighted by atomic mass is 127. The first-order valence-corrected chi connectivity index (χ1v) is 8.38. The Morgan fingerprint density at radius 3 is 2.57 bits per heavy atom. The van der Waals surface area contributed by atoms with Crippen LogP contribution in [0.2, 0.25) is 0 Å². The van der Waals surface area contributed by atoms with Gasteiger partial charge < -0.3 is 15.4 Å². The second kappa shape index (κ2) is 10.9. The fourth-order valence-corrected chi connectivity index (χ4v) is 2.86. The van der Waals surface area contributed by atoms with Crippen molar-refractivity contribution < 1.29 is 4.74 Å². The molecular formula is C18H30IN3O. The van der Waals surface area contributed by atoms with E-state index in [9.17, 15) is 0 Å². The molecule has 1 aromatic rings. The van der Waals surface area contributed by atoms with Crippen molar-refractivity contribution in [2.24, 2.45) is 4.99 Å². The van der Waals surface area contributed by atoms with Crippen LogP contribution in [0.5, 0.6) is 0 Å². The molecule has 5 heteroatoms. The third-order valence-electron chi connectivity index (χ3n) is 3.81. The molecule has 4 nitrogen and oxygen atoms in total. The predicted molar refractivity (Wildman–Crippen MR) is 108 cm³/mol. The van der Waals surface area contributed by atoms with Crippen molar-refractivity contribution in [2.75, 3.05) is 26.2 Å². The number of ether oxygens (including phenoxy) is 1. The van der Waals surface area contributed by atoms with Crippen LogP contribution in [0.4, 0.5) is 0 Å². The maximum absolute atomic E-state index is 5.62. The lowest BCUT2D eigenvalue weighted by molar-refractivity contribution is 0.117. The summed E-state index contributed by atoms with van der Waals surface area (Å²) in [4.78, 5) is 4.63. The standard InChI is InChI=1S/C18H29N3O.HI/c1-4-19-18(21-13-17-6-5-9-22-17)20-8-7-16-11-14(2)10-15(3)12-16;/h10-12,17H,4-9,13H2,1-3H3,(H2,19,20,21);1H. The van der Waals surface area contributed by atoms with Crippen molar-refractivity contribution >= 4 is 29.9 Å². The van der Waals surface area contributed by atoms with Crippen LogP contribution in [0, 0.1) is 13.8 Å². The molecule has 1 aliphatic rings. The first-order chi connectivity index (χ1) is 10.7. The molecule has 1 fully saturated rings. The third kappa shape index (κ3) is 7.52. The molecule has 1 saturated heterocycles. The van der Waals surface area contributed by atoms with Gasteiger partial charge in [-0.15, -0.1) is 24.0 Å². The van der Waals surface area contributed by atoms with Gasteiger partial charge in [0, 0.05) is 19.7 Å². The zero-order chi connectivity index (χ0) is 15.8. The second-order valence-corrected chi connectivity index (χ2v) is 6.03. The summed E-state index contributed by atoms with van der Waals surface area (Å²) in [6.45, 7) is 9.79. The summed E-state index contributed by atoms with van der Waals surface area (Å²) in [5, 5.41) is 6.71. The molecule has 2 N–H and O–H groups in total. The lowest BCUT2D eigenvalue weighted by Gasteiger charge is -2.13. The molecular weight excluding hydrogens is 401 g/mol. The summed E-state index contributed by atoms with van der Waals surface area (Å²) >= 11 is 0. The van der Waals surface area contributed by atoms with E-state index >= 15 is 0 Å². The highest BCUT2D eigenvalue weighted by Gasteiger charge is 2.14. The van der Waals surface area contributed by atoms with Crippen molar-refractivity contribution in [3.63, 3.8) is 0 Å². The predicted octanol–water partition coefficient (Wildman–Crippen LogP) is 3.20. The van der Waals surface area contributed by atoms with Crippen LogP contribution in [0.3, 0.4) is 0 Å². The van der Waals surface area contributed by atoms with E-state index in [0.717, 1.165) is 51.5 Å². The van der Waals surface area contributed by atoms with E-state index in [1.165, 1.54) is 16.7 Å². The van der Waals surface area contributed by atoms with Crippen LogP contribution in [0.25, 0.3) is 0 Å². The molecule has 0 amide bonds. The largest absolute Gasteiger partial charge is 0.376 e. The SMILES string of the molecule is CCNC(=NCC1CCCO1)NCCc1cc(C)cc(C)c1.I. The number of nitrogens with zero attached hydrogens (tertiary/aromatic N) is 1. The Bertz CT molecular complexity index is 479. The number of hydrogen-bond donors (Lipinski definition) is 2. The summed E-state index contributed by atoms with van der Waals surface area (Å²) in [6, 6.07) is 6.72. The zero-order valence-electron chi connectivity index (χ0n) is 14.5. The van der Waals surface area contributed by atoms with Gasteiger partial charge in [-0.1, -0.05) is 29.3 Å². The molecule has 1 atom stereocenters. The molecule has 23 heavy (non-hydrogen) atoms. The van der Waals surface area contributed by atoms with Gasteiger partial charge in [0.2, 0.25) is 0 Å². The van der Waals surface area contributed by atoms with Crippen LogP contribution >= 0.6 is 24.0 Å². The number of halogens is 1. The minimum atomic E-state index is 0. The first kappa shape index (κ1) is 20.2. The minimum absolute atomic E-state index is 0. The van der Waals surface area contributed by atoms with Crippen LogP contribution in [0.1, 0.15) is 36.5 Å². The molecule has 1 heterocycles. The summed E-state index contributed by atoms with van der Waals surface area (Å²) in [5.41, 5.74) is 4.03. The maximum atomic E-state index is 5.62. The number of benzene rings is 1. The average molecular weight is 431 g/mol. The Balaban J connectivity index is 0.00000264. The summed E-state index contributed by atoms with van der Waals surface area (Å²) in [6.07, 6.45) is 3.60. The van der Waals surface area contributed by atoms with E-state index in [4.69, 9.17) is 4.74 Å². The second-order valence-electron chi connectivity index (χ2n) is 6.03. The summed E-state index contributed by atoms with van der Waals surface area (Å²) in [5.74, 6) is 0.891. The summed E-state index contributed by atoms with van der Waals surface area (Å²) in [7, 11) is 0. The van der Waals surface area contributed by atoms with E-state index < -0.39 is 0 Å². The number of aliphatic imine (C=N–C) groups is 1. The van der Waals surface area contributed by atoms with Gasteiger partial charge in [0.15, 0.2) is 5.96 Å². The van der Waals surface area contributed by atoms with Gasteiger partial charge in [0.05, 0.1) is 12.6 Å². The molecule has 2 rings (SSSR count). The van der Waals surface area contributed by atoms with E-state index in [1.807, 2.05) is 0 Å². The van der Waals surface area contributed by atoms with Crippen LogP contribution in [-0.4, -0.2) is 38.3 Å². The molecule has 0 aromatic heterocycles. The highest BCUT2D eigenvalue weighted by Crippen LogP contribution is 2.12. The Morgan fingerprint density at radius 1 is 1.22 bits per heavy atom. The third-order valence-corrected chi connectivity index (χ3v) is 3.81. The lowest BCUT2D eigenvalue weighted by atomic mass is 10.1. The normalized spacial score (nSPS) is 17.7. The van der Waals surface area contributed by atoms with Gasteiger partial charge >= 0.3 is 0 Å². The smallest absolute Gasteiger partial charge is 0.191 e. The van der Waals surface area contributed by atoms with E-state index in [1.54, 1.807) is 0 Å². The van der Waals surface area contributed by atoms with Crippen molar-refractivity contribution in [3.05, 3.63) is 34.9 Å². The topological polar surface area (TPSA) is 45.7 Å². The number of aryl methyl sites for hydroxylation is 2. The fourth-order valence-electron chi connectivity index (χ4n) is 2.86. The number of hydrogen-bond acceptors (Lipinski definition) is 2. The van der Waals surface area contributed by atoms with E-state index in [2.05, 4.69) is 54.6 Å². The van der Waals surface area contributed by atoms with Crippen molar-refractivity contribution in [3.8, 4) is 0 Å². The summed E-state index contributed by atoms with van der Waals surface area (Å²) < 4.78 is 5.62. The molecule has 0 radical (unpaired) electrons. The van der Waals surface area contributed by atoms with Crippen molar-refractivity contribution in [1.82, 2.24) is 10.6 Å². The number of rotatable bonds is 6. The average Bonchev–Trinajstić information content (AvgIpc) is 2.97. The molecule has 0 spiro atoms. The van der Waals surface area contributed by atoms with Gasteiger partial charge in [0.25, 0.3) is 0 Å². The van der Waals surface area contributed by atoms with Gasteiger partial charge in [-0.3, -0.25) is 4.99 Å². The van der Waals surface area contributed by atoms with Crippen molar-refractivity contribution in [2.45, 2.75) is 46.1 Å². The van der Waals surface area contributed by atoms with Crippen molar-refractivity contribution in [1.29, 1.82) is 0 Å². The first-order valence-electron chi connectivity index (χ1n) is 8.38. The Hall–Kier alpha value is -0.820. The quantitative estimate of drug-likeness (QED) is 0.413. The van der Waals surface area contributed by atoms with Crippen LogP contribution in [-0.2, 0) is 11.2 Å². The van der Waals surface area contributed by atoms with Crippen LogP contribution < -0.4 is 10.6 Å². The Labute approximate surface area is 157 Å². The molecule has 1 aromatic carbocycles. The van der Waals surface area contributed by atoms with Gasteiger partial charge in [-0.25, -0.2) is 0 Å². The number of nitrogens with one attached hydrogen (secondary N) is 2. The highest BCUT2D eigenvalue weighted by molar-refractivity contribution is 14.0. The molecule has 0 bridgehead atoms. The van der Waals surface area contributed by atoms with Gasteiger partial charge in [-0.05, 0) is 45.6 Å². The molecule has 1 aliphatic heterocycles. The van der Waals surface area contributed by atoms with Gasteiger partial charge in [0.1, 0.15) is 0 Å².